The molecule has 0 amide bonds. The molecule has 0 fully saturated rings. The minimum absolute atomic E-state index is 0.0405. The Kier molecular flexibility index (Phi) is 5.46. The summed E-state index contributed by atoms with van der Waals surface area (Å²) in [6.45, 7) is 2.13. The molecule has 0 radical (unpaired) electrons. The number of hydrogen-bond donors (Lipinski definition) is 0. The molecular formula is C6H8Cl2O3. The van der Waals surface area contributed by atoms with Crippen molar-refractivity contribution in [2.75, 3.05) is 13.2 Å². The summed E-state index contributed by atoms with van der Waals surface area (Å²) in [6.07, 6.45) is 0. The van der Waals surface area contributed by atoms with E-state index in [4.69, 9.17) is 27.9 Å². The van der Waals surface area contributed by atoms with Gasteiger partial charge in [0.1, 0.15) is 5.92 Å². The third-order valence-corrected chi connectivity index (χ3v) is 1.56. The summed E-state index contributed by atoms with van der Waals surface area (Å²) in [4.78, 5) is 20.9. The molecule has 3 nitrogen and oxygen atoms in total. The van der Waals surface area contributed by atoms with Gasteiger partial charge < -0.3 is 4.74 Å². The Bertz CT molecular complexity index is 144. The first-order valence-electron chi connectivity index (χ1n) is 3.06. The molecule has 0 aliphatic carbocycles. The van der Waals surface area contributed by atoms with E-state index >= 15 is 0 Å². The molecule has 11 heavy (non-hydrogen) atoms. The van der Waals surface area contributed by atoms with Gasteiger partial charge in [-0.2, -0.15) is 0 Å². The van der Waals surface area contributed by atoms with Gasteiger partial charge in [0.2, 0.25) is 10.5 Å². The van der Waals surface area contributed by atoms with Crippen molar-refractivity contribution in [3.63, 3.8) is 0 Å². The summed E-state index contributed by atoms with van der Waals surface area (Å²) in [5.41, 5.74) is 0. The molecule has 5 heteroatoms. The molecule has 64 valence electrons. The highest BCUT2D eigenvalue weighted by atomic mass is 35.5. The van der Waals surface area contributed by atoms with E-state index in [1.54, 1.807) is 6.92 Å². The maximum atomic E-state index is 10.5. The molecule has 0 aromatic carbocycles. The van der Waals surface area contributed by atoms with Gasteiger partial charge in [-0.1, -0.05) is 0 Å². The highest BCUT2D eigenvalue weighted by Gasteiger charge is 2.23. The Morgan fingerprint density at radius 3 is 2.09 bits per heavy atom. The molecule has 0 aliphatic rings. The first-order chi connectivity index (χ1) is 5.09. The van der Waals surface area contributed by atoms with Crippen molar-refractivity contribution in [2.45, 2.75) is 6.92 Å². The smallest absolute Gasteiger partial charge is 0.235 e. The van der Waals surface area contributed by atoms with Gasteiger partial charge >= 0.3 is 0 Å². The predicted molar refractivity (Wildman–Crippen MR) is 41.7 cm³/mol. The van der Waals surface area contributed by atoms with Crippen molar-refractivity contribution >= 4 is 33.7 Å². The number of carbonyl (C=O) groups is 2. The Morgan fingerprint density at radius 1 is 1.36 bits per heavy atom. The standard InChI is InChI=1S/C6H8Cl2O3/c1-2-11-3-4(5(7)9)6(8)10/h4H,2-3H2,1H3. The molecule has 0 aromatic heterocycles. The summed E-state index contributed by atoms with van der Waals surface area (Å²) >= 11 is 10.1. The summed E-state index contributed by atoms with van der Waals surface area (Å²) in [7, 11) is 0. The van der Waals surface area contributed by atoms with Gasteiger partial charge in [0, 0.05) is 6.61 Å². The second kappa shape index (κ2) is 5.52. The van der Waals surface area contributed by atoms with Crippen LogP contribution in [0.4, 0.5) is 0 Å². The SMILES string of the molecule is CCOCC(C(=O)Cl)C(=O)Cl. The highest BCUT2D eigenvalue weighted by molar-refractivity contribution is 6.73. The van der Waals surface area contributed by atoms with Crippen molar-refractivity contribution in [1.82, 2.24) is 0 Å². The van der Waals surface area contributed by atoms with E-state index in [1.165, 1.54) is 0 Å². The molecular weight excluding hydrogens is 191 g/mol. The lowest BCUT2D eigenvalue weighted by Crippen LogP contribution is -2.22. The summed E-state index contributed by atoms with van der Waals surface area (Å²) in [5, 5.41) is -1.56. The highest BCUT2D eigenvalue weighted by Crippen LogP contribution is 2.07. The quantitative estimate of drug-likeness (QED) is 0.493. The normalized spacial score (nSPS) is 10.2. The lowest BCUT2D eigenvalue weighted by Gasteiger charge is -2.05. The van der Waals surface area contributed by atoms with Crippen molar-refractivity contribution in [1.29, 1.82) is 0 Å². The zero-order chi connectivity index (χ0) is 8.85. The summed E-state index contributed by atoms with van der Waals surface area (Å²) < 4.78 is 4.81. The molecule has 0 N–H and O–H groups in total. The zero-order valence-electron chi connectivity index (χ0n) is 5.97. The summed E-state index contributed by atoms with van der Waals surface area (Å²) in [5.74, 6) is -1.03. The van der Waals surface area contributed by atoms with Crippen LogP contribution in [0.2, 0.25) is 0 Å². The zero-order valence-corrected chi connectivity index (χ0v) is 7.48. The maximum Gasteiger partial charge on any atom is 0.235 e. The van der Waals surface area contributed by atoms with Gasteiger partial charge in [0.15, 0.2) is 0 Å². The van der Waals surface area contributed by atoms with Gasteiger partial charge in [-0.25, -0.2) is 0 Å². The fourth-order valence-corrected chi connectivity index (χ4v) is 0.836. The number of rotatable bonds is 5. The van der Waals surface area contributed by atoms with Crippen LogP contribution in [-0.4, -0.2) is 23.7 Å². The average Bonchev–Trinajstić information content (AvgIpc) is 1.87. The van der Waals surface area contributed by atoms with Crippen LogP contribution in [0.3, 0.4) is 0 Å². The first-order valence-corrected chi connectivity index (χ1v) is 3.81. The molecule has 0 spiro atoms. The van der Waals surface area contributed by atoms with Crippen molar-refractivity contribution in [3.8, 4) is 0 Å². The minimum Gasteiger partial charge on any atom is -0.380 e. The first kappa shape index (κ1) is 10.9. The number of halogens is 2. The fourth-order valence-electron chi connectivity index (χ4n) is 0.456. The van der Waals surface area contributed by atoms with Crippen LogP contribution >= 0.6 is 23.2 Å². The Hall–Kier alpha value is -0.120. The largest absolute Gasteiger partial charge is 0.380 e. The van der Waals surface area contributed by atoms with E-state index in [2.05, 4.69) is 0 Å². The van der Waals surface area contributed by atoms with Crippen LogP contribution in [0.5, 0.6) is 0 Å². The average molecular weight is 199 g/mol. The molecule has 0 aliphatic heterocycles. The van der Waals surface area contributed by atoms with Crippen molar-refractivity contribution < 1.29 is 14.3 Å². The van der Waals surface area contributed by atoms with Crippen LogP contribution in [0.1, 0.15) is 6.92 Å². The molecule has 0 saturated heterocycles. The van der Waals surface area contributed by atoms with E-state index in [0.29, 0.717) is 6.61 Å². The van der Waals surface area contributed by atoms with Gasteiger partial charge in [-0.15, -0.1) is 0 Å². The van der Waals surface area contributed by atoms with E-state index in [1.807, 2.05) is 0 Å². The monoisotopic (exact) mass is 198 g/mol. The molecule has 0 rings (SSSR count). The number of ether oxygens (including phenoxy) is 1. The second-order valence-corrected chi connectivity index (χ2v) is 2.57. The minimum atomic E-state index is -1.03. The van der Waals surface area contributed by atoms with Crippen LogP contribution in [0.15, 0.2) is 0 Å². The summed E-state index contributed by atoms with van der Waals surface area (Å²) in [6, 6.07) is 0. The molecule has 0 unspecified atom stereocenters. The molecule has 0 bridgehead atoms. The Labute approximate surface area is 74.6 Å². The number of hydrogen-bond acceptors (Lipinski definition) is 3. The molecule has 0 aromatic rings. The fraction of sp³-hybridized carbons (Fsp3) is 0.667. The van der Waals surface area contributed by atoms with E-state index < -0.39 is 16.4 Å². The van der Waals surface area contributed by atoms with Gasteiger partial charge in [-0.3, -0.25) is 9.59 Å². The van der Waals surface area contributed by atoms with Gasteiger partial charge in [-0.05, 0) is 30.1 Å². The van der Waals surface area contributed by atoms with Crippen LogP contribution < -0.4 is 0 Å². The van der Waals surface area contributed by atoms with E-state index in [-0.39, 0.29) is 6.61 Å². The van der Waals surface area contributed by atoms with Gasteiger partial charge in [0.05, 0.1) is 6.61 Å². The molecule has 0 saturated carbocycles. The maximum absolute atomic E-state index is 10.5. The predicted octanol–water partition coefficient (Wildman–Crippen LogP) is 1.17. The number of carbonyl (C=O) groups excluding carboxylic acids is 2. The van der Waals surface area contributed by atoms with Crippen LogP contribution in [0.25, 0.3) is 0 Å². The Balaban J connectivity index is 3.90. The third kappa shape index (κ3) is 4.35. The molecule has 0 atom stereocenters. The van der Waals surface area contributed by atoms with Gasteiger partial charge in [0.25, 0.3) is 0 Å². The third-order valence-electron chi connectivity index (χ3n) is 1.04. The van der Waals surface area contributed by atoms with E-state index in [9.17, 15) is 9.59 Å². The Morgan fingerprint density at radius 2 is 1.82 bits per heavy atom. The lowest BCUT2D eigenvalue weighted by atomic mass is 10.2. The molecule has 0 heterocycles. The van der Waals surface area contributed by atoms with Crippen LogP contribution in [-0.2, 0) is 14.3 Å². The van der Waals surface area contributed by atoms with E-state index in [0.717, 1.165) is 0 Å². The van der Waals surface area contributed by atoms with Crippen molar-refractivity contribution in [3.05, 3.63) is 0 Å². The second-order valence-electron chi connectivity index (χ2n) is 1.82. The van der Waals surface area contributed by atoms with Crippen molar-refractivity contribution in [2.24, 2.45) is 5.92 Å². The van der Waals surface area contributed by atoms with Crippen LogP contribution in [0, 0.1) is 5.92 Å². The lowest BCUT2D eigenvalue weighted by molar-refractivity contribution is -0.126. The topological polar surface area (TPSA) is 43.4 Å².